The topological polar surface area (TPSA) is 50.6 Å². The van der Waals surface area contributed by atoms with E-state index >= 15 is 0 Å². The van der Waals surface area contributed by atoms with Crippen LogP contribution in [0.15, 0.2) is 53.3 Å². The highest BCUT2D eigenvalue weighted by Gasteiger charge is 2.33. The van der Waals surface area contributed by atoms with Crippen LogP contribution in [0.2, 0.25) is 0 Å². The SMILES string of the molecule is C=CC(C)c1cc(F)nc(C(OC2=Cc3scnc3C(CC)C=C2)C2CC=NN2C)c1. The molecule has 4 unspecified atom stereocenters. The predicted octanol–water partition coefficient (Wildman–Crippen LogP) is 5.82. The molecule has 1 aliphatic carbocycles. The number of nitrogens with zero attached hydrogens (tertiary/aromatic N) is 4. The molecule has 2 aromatic rings. The van der Waals surface area contributed by atoms with Crippen molar-refractivity contribution in [3.8, 4) is 0 Å². The van der Waals surface area contributed by atoms with Gasteiger partial charge in [-0.1, -0.05) is 26.0 Å². The number of hydrogen-bond acceptors (Lipinski definition) is 6. The van der Waals surface area contributed by atoms with Crippen molar-refractivity contribution >= 4 is 23.6 Å². The van der Waals surface area contributed by atoms with Gasteiger partial charge >= 0.3 is 0 Å². The van der Waals surface area contributed by atoms with Crippen molar-refractivity contribution in [3.63, 3.8) is 0 Å². The summed E-state index contributed by atoms with van der Waals surface area (Å²) >= 11 is 1.60. The number of thiazole rings is 1. The number of rotatable bonds is 7. The molecular weight excluding hydrogens is 411 g/mol. The van der Waals surface area contributed by atoms with Crippen molar-refractivity contribution in [2.24, 2.45) is 5.10 Å². The van der Waals surface area contributed by atoms with E-state index in [4.69, 9.17) is 4.74 Å². The van der Waals surface area contributed by atoms with Gasteiger partial charge in [0, 0.05) is 25.6 Å². The number of hydrogen-bond donors (Lipinski definition) is 0. The summed E-state index contributed by atoms with van der Waals surface area (Å²) in [6, 6.07) is 3.30. The molecular formula is C24H27FN4OS. The average molecular weight is 439 g/mol. The summed E-state index contributed by atoms with van der Waals surface area (Å²) in [4.78, 5) is 9.86. The summed E-state index contributed by atoms with van der Waals surface area (Å²) in [5.74, 6) is 0.465. The van der Waals surface area contributed by atoms with Crippen LogP contribution in [-0.4, -0.2) is 34.3 Å². The van der Waals surface area contributed by atoms with Crippen molar-refractivity contribution in [1.82, 2.24) is 15.0 Å². The lowest BCUT2D eigenvalue weighted by molar-refractivity contribution is 0.0465. The molecule has 0 spiro atoms. The normalized spacial score (nSPS) is 21.9. The number of likely N-dealkylation sites (N-methyl/N-ethyl adjacent to an activating group) is 1. The van der Waals surface area contributed by atoms with Gasteiger partial charge in [0.15, 0.2) is 6.10 Å². The molecule has 0 radical (unpaired) electrons. The van der Waals surface area contributed by atoms with E-state index in [1.165, 1.54) is 6.07 Å². The maximum Gasteiger partial charge on any atom is 0.213 e. The quantitative estimate of drug-likeness (QED) is 0.404. The van der Waals surface area contributed by atoms with Gasteiger partial charge < -0.3 is 4.74 Å². The smallest absolute Gasteiger partial charge is 0.213 e. The van der Waals surface area contributed by atoms with E-state index in [-0.39, 0.29) is 17.9 Å². The Morgan fingerprint density at radius 2 is 2.26 bits per heavy atom. The summed E-state index contributed by atoms with van der Waals surface area (Å²) < 4.78 is 21.0. The molecule has 0 aromatic carbocycles. The van der Waals surface area contributed by atoms with Crippen molar-refractivity contribution in [1.29, 1.82) is 0 Å². The largest absolute Gasteiger partial charge is 0.482 e. The lowest BCUT2D eigenvalue weighted by Gasteiger charge is -2.29. The molecule has 0 amide bonds. The molecule has 0 N–H and O–H groups in total. The fraction of sp³-hybridized carbons (Fsp3) is 0.375. The maximum absolute atomic E-state index is 14.5. The number of pyridine rings is 1. The molecule has 2 aliphatic rings. The highest BCUT2D eigenvalue weighted by molar-refractivity contribution is 7.10. The average Bonchev–Trinajstić information content (AvgIpc) is 3.36. The minimum Gasteiger partial charge on any atom is -0.482 e. The third-order valence-electron chi connectivity index (χ3n) is 5.89. The summed E-state index contributed by atoms with van der Waals surface area (Å²) in [6.45, 7) is 7.98. The Morgan fingerprint density at radius 3 is 2.97 bits per heavy atom. The molecule has 0 saturated carbocycles. The van der Waals surface area contributed by atoms with Crippen LogP contribution in [0, 0.1) is 5.95 Å². The number of allylic oxidation sites excluding steroid dienone is 3. The number of fused-ring (bicyclic) bond motifs is 1. The first kappa shape index (κ1) is 21.4. The third kappa shape index (κ3) is 4.46. The summed E-state index contributed by atoms with van der Waals surface area (Å²) in [5.41, 5.74) is 4.33. The first-order valence-corrected chi connectivity index (χ1v) is 11.4. The summed E-state index contributed by atoms with van der Waals surface area (Å²) in [5, 5.41) is 6.23. The fourth-order valence-corrected chi connectivity index (χ4v) is 4.73. The van der Waals surface area contributed by atoms with Crippen molar-refractivity contribution in [3.05, 3.63) is 76.0 Å². The fourth-order valence-electron chi connectivity index (χ4n) is 3.94. The maximum atomic E-state index is 14.5. The lowest BCUT2D eigenvalue weighted by atomic mass is 9.98. The van der Waals surface area contributed by atoms with E-state index in [1.54, 1.807) is 17.4 Å². The molecule has 0 bridgehead atoms. The van der Waals surface area contributed by atoms with Gasteiger partial charge in [0.25, 0.3) is 0 Å². The Balaban J connectivity index is 1.72. The van der Waals surface area contributed by atoms with E-state index in [2.05, 4.69) is 34.6 Å². The highest BCUT2D eigenvalue weighted by Crippen LogP contribution is 2.36. The zero-order chi connectivity index (χ0) is 22.0. The van der Waals surface area contributed by atoms with Crippen LogP contribution in [0.5, 0.6) is 0 Å². The van der Waals surface area contributed by atoms with Crippen LogP contribution < -0.4 is 0 Å². The Bertz CT molecular complexity index is 1040. The monoisotopic (exact) mass is 438 g/mol. The van der Waals surface area contributed by atoms with Crippen LogP contribution in [0.3, 0.4) is 0 Å². The molecule has 5 nitrogen and oxygen atoms in total. The van der Waals surface area contributed by atoms with Gasteiger partial charge in [-0.3, -0.25) is 5.01 Å². The number of hydrazone groups is 1. The highest BCUT2D eigenvalue weighted by atomic mass is 32.1. The van der Waals surface area contributed by atoms with E-state index in [9.17, 15) is 4.39 Å². The number of halogens is 1. The van der Waals surface area contributed by atoms with Gasteiger partial charge in [-0.05, 0) is 42.2 Å². The first-order valence-electron chi connectivity index (χ1n) is 10.5. The molecule has 1 aliphatic heterocycles. The van der Waals surface area contributed by atoms with E-state index in [0.29, 0.717) is 12.1 Å². The Kier molecular flexibility index (Phi) is 6.32. The zero-order valence-corrected chi connectivity index (χ0v) is 18.8. The van der Waals surface area contributed by atoms with Crippen LogP contribution >= 0.6 is 11.3 Å². The van der Waals surface area contributed by atoms with Gasteiger partial charge in [-0.15, -0.1) is 17.9 Å². The standard InChI is InChI=1S/C24H27FN4OS/c1-5-15(3)17-11-19(28-22(25)12-17)24(20-9-10-27-29(20)4)30-18-8-7-16(6-2)23-21(13-18)31-14-26-23/h5,7-8,10-16,20,24H,1,6,9H2,2-4H3. The van der Waals surface area contributed by atoms with Crippen molar-refractivity contribution < 1.29 is 9.13 Å². The van der Waals surface area contributed by atoms with E-state index in [1.807, 2.05) is 48.9 Å². The minimum atomic E-state index is -0.516. The van der Waals surface area contributed by atoms with Crippen molar-refractivity contribution in [2.75, 3.05) is 7.05 Å². The second-order valence-corrected chi connectivity index (χ2v) is 8.79. The van der Waals surface area contributed by atoms with Crippen LogP contribution in [0.1, 0.15) is 66.5 Å². The molecule has 162 valence electrons. The van der Waals surface area contributed by atoms with E-state index in [0.717, 1.165) is 28.3 Å². The predicted molar refractivity (Wildman–Crippen MR) is 124 cm³/mol. The Morgan fingerprint density at radius 1 is 1.42 bits per heavy atom. The first-order chi connectivity index (χ1) is 15.0. The minimum absolute atomic E-state index is 0.0107. The van der Waals surface area contributed by atoms with Gasteiger partial charge in [-0.2, -0.15) is 9.49 Å². The molecule has 7 heteroatoms. The number of aromatic nitrogens is 2. The van der Waals surface area contributed by atoms with Gasteiger partial charge in [-0.25, -0.2) is 9.97 Å². The summed E-state index contributed by atoms with van der Waals surface area (Å²) in [6.07, 6.45) is 11.0. The summed E-state index contributed by atoms with van der Waals surface area (Å²) in [7, 11) is 1.91. The molecule has 3 heterocycles. The molecule has 4 rings (SSSR count). The van der Waals surface area contributed by atoms with Crippen LogP contribution in [0.4, 0.5) is 4.39 Å². The zero-order valence-electron chi connectivity index (χ0n) is 18.0. The molecule has 2 aromatic heterocycles. The van der Waals surface area contributed by atoms with Gasteiger partial charge in [0.2, 0.25) is 5.95 Å². The Labute approximate surface area is 186 Å². The third-order valence-corrected chi connectivity index (χ3v) is 6.68. The molecule has 4 atom stereocenters. The van der Waals surface area contributed by atoms with Crippen LogP contribution in [-0.2, 0) is 4.74 Å². The second kappa shape index (κ2) is 9.14. The molecule has 0 saturated heterocycles. The van der Waals surface area contributed by atoms with Gasteiger partial charge in [0.1, 0.15) is 5.76 Å². The molecule has 0 fully saturated rings. The second-order valence-electron chi connectivity index (χ2n) is 7.91. The van der Waals surface area contributed by atoms with Crippen molar-refractivity contribution in [2.45, 2.75) is 50.7 Å². The Hall–Kier alpha value is -2.80. The number of ether oxygens (including phenoxy) is 1. The molecule has 31 heavy (non-hydrogen) atoms. The van der Waals surface area contributed by atoms with Gasteiger partial charge in [0.05, 0.1) is 27.8 Å². The van der Waals surface area contributed by atoms with E-state index < -0.39 is 12.1 Å². The lowest BCUT2D eigenvalue weighted by Crippen LogP contribution is -2.32. The van der Waals surface area contributed by atoms with Crippen LogP contribution in [0.25, 0.3) is 6.08 Å².